The molecule has 3 rings (SSSR count). The van der Waals surface area contributed by atoms with Gasteiger partial charge in [-0.25, -0.2) is 4.68 Å². The number of aryl methyl sites for hydroxylation is 5. The molecule has 0 aliphatic carbocycles. The molecule has 0 aliphatic rings. The third-order valence-electron chi connectivity index (χ3n) is 5.36. The second-order valence-electron chi connectivity index (χ2n) is 7.52. The maximum absolute atomic E-state index is 13.3. The maximum Gasteiger partial charge on any atom is 0.278 e. The summed E-state index contributed by atoms with van der Waals surface area (Å²) in [5, 5.41) is 4.39. The van der Waals surface area contributed by atoms with Crippen molar-refractivity contribution in [2.75, 3.05) is 7.11 Å². The molecule has 1 aromatic heterocycles. The Labute approximate surface area is 178 Å². The van der Waals surface area contributed by atoms with Gasteiger partial charge in [0, 0.05) is 7.05 Å². The lowest BCUT2D eigenvalue weighted by atomic mass is 9.90. The van der Waals surface area contributed by atoms with Crippen LogP contribution in [-0.4, -0.2) is 16.9 Å². The summed E-state index contributed by atoms with van der Waals surface area (Å²) in [5.74, 6) is 1.35. The molecule has 2 aromatic carbocycles. The Balaban J connectivity index is 2.15. The number of aromatic nitrogens is 2. The van der Waals surface area contributed by atoms with Crippen LogP contribution in [-0.2, 0) is 26.5 Å². The predicted molar refractivity (Wildman–Crippen MR) is 120 cm³/mol. The number of rotatable bonds is 7. The van der Waals surface area contributed by atoms with Crippen LogP contribution in [0.1, 0.15) is 41.8 Å². The monoisotopic (exact) mass is 406 g/mol. The Kier molecular flexibility index (Phi) is 6.60. The van der Waals surface area contributed by atoms with E-state index in [1.807, 2.05) is 31.2 Å². The van der Waals surface area contributed by atoms with Crippen molar-refractivity contribution in [2.24, 2.45) is 7.05 Å². The van der Waals surface area contributed by atoms with E-state index >= 15 is 0 Å². The SMILES string of the molecule is CCc1cc(C)cc(CC)c1-c1c(OCc2ccc(OC)cc2)c(C)nn(C)c1=O. The third kappa shape index (κ3) is 4.25. The van der Waals surface area contributed by atoms with Gasteiger partial charge in [0.25, 0.3) is 5.56 Å². The van der Waals surface area contributed by atoms with E-state index in [0.29, 0.717) is 23.6 Å². The number of hydrogen-bond acceptors (Lipinski definition) is 4. The molecule has 0 radical (unpaired) electrons. The third-order valence-corrected chi connectivity index (χ3v) is 5.36. The first kappa shape index (κ1) is 21.6. The summed E-state index contributed by atoms with van der Waals surface area (Å²) in [6, 6.07) is 12.1. The van der Waals surface area contributed by atoms with E-state index in [0.717, 1.165) is 40.8 Å². The molecule has 0 bridgehead atoms. The Morgan fingerprint density at radius 1 is 0.967 bits per heavy atom. The fraction of sp³-hybridized carbons (Fsp3) is 0.360. The molecular formula is C25H30N2O3. The fourth-order valence-corrected chi connectivity index (χ4v) is 3.85. The number of ether oxygens (including phenoxy) is 2. The van der Waals surface area contributed by atoms with Crippen LogP contribution in [0.25, 0.3) is 11.1 Å². The first-order valence-corrected chi connectivity index (χ1v) is 10.4. The van der Waals surface area contributed by atoms with E-state index < -0.39 is 0 Å². The van der Waals surface area contributed by atoms with Crippen LogP contribution >= 0.6 is 0 Å². The van der Waals surface area contributed by atoms with Crippen LogP contribution in [0.2, 0.25) is 0 Å². The van der Waals surface area contributed by atoms with E-state index in [9.17, 15) is 4.79 Å². The Morgan fingerprint density at radius 3 is 2.10 bits per heavy atom. The molecule has 0 unspecified atom stereocenters. The molecule has 0 spiro atoms. The van der Waals surface area contributed by atoms with Gasteiger partial charge in [-0.05, 0) is 61.1 Å². The minimum atomic E-state index is -0.140. The molecule has 0 aliphatic heterocycles. The van der Waals surface area contributed by atoms with Crippen molar-refractivity contribution < 1.29 is 9.47 Å². The summed E-state index contributed by atoms with van der Waals surface area (Å²) in [4.78, 5) is 13.3. The molecule has 1 heterocycles. The summed E-state index contributed by atoms with van der Waals surface area (Å²) in [6.45, 7) is 8.57. The molecule has 0 N–H and O–H groups in total. The highest BCUT2D eigenvalue weighted by atomic mass is 16.5. The van der Waals surface area contributed by atoms with Gasteiger partial charge in [0.05, 0.1) is 12.7 Å². The first-order valence-electron chi connectivity index (χ1n) is 10.4. The van der Waals surface area contributed by atoms with E-state index in [2.05, 4.69) is 38.0 Å². The van der Waals surface area contributed by atoms with Gasteiger partial charge in [0.15, 0.2) is 5.75 Å². The lowest BCUT2D eigenvalue weighted by Gasteiger charge is -2.19. The van der Waals surface area contributed by atoms with Crippen molar-refractivity contribution >= 4 is 0 Å². The lowest BCUT2D eigenvalue weighted by molar-refractivity contribution is 0.301. The lowest BCUT2D eigenvalue weighted by Crippen LogP contribution is -2.24. The molecule has 5 nitrogen and oxygen atoms in total. The summed E-state index contributed by atoms with van der Waals surface area (Å²) < 4.78 is 12.9. The zero-order chi connectivity index (χ0) is 21.8. The normalized spacial score (nSPS) is 10.9. The average Bonchev–Trinajstić information content (AvgIpc) is 2.75. The molecule has 0 saturated carbocycles. The van der Waals surface area contributed by atoms with Gasteiger partial charge in [-0.2, -0.15) is 5.10 Å². The number of nitrogens with zero attached hydrogens (tertiary/aromatic N) is 2. The van der Waals surface area contributed by atoms with Gasteiger partial charge < -0.3 is 9.47 Å². The van der Waals surface area contributed by atoms with Crippen molar-refractivity contribution in [2.45, 2.75) is 47.1 Å². The van der Waals surface area contributed by atoms with Gasteiger partial charge in [-0.3, -0.25) is 4.79 Å². The topological polar surface area (TPSA) is 53.4 Å². The van der Waals surface area contributed by atoms with Gasteiger partial charge >= 0.3 is 0 Å². The van der Waals surface area contributed by atoms with Crippen molar-refractivity contribution in [1.82, 2.24) is 9.78 Å². The summed E-state index contributed by atoms with van der Waals surface area (Å²) in [5.41, 5.74) is 6.66. The van der Waals surface area contributed by atoms with Crippen LogP contribution in [0, 0.1) is 13.8 Å². The van der Waals surface area contributed by atoms with E-state index in [4.69, 9.17) is 9.47 Å². The molecule has 0 amide bonds. The summed E-state index contributed by atoms with van der Waals surface area (Å²) >= 11 is 0. The number of methoxy groups -OCH3 is 1. The average molecular weight is 407 g/mol. The summed E-state index contributed by atoms with van der Waals surface area (Å²) in [6.07, 6.45) is 1.68. The van der Waals surface area contributed by atoms with Crippen molar-refractivity contribution in [3.63, 3.8) is 0 Å². The molecule has 0 saturated heterocycles. The predicted octanol–water partition coefficient (Wildman–Crippen LogP) is 4.78. The maximum atomic E-state index is 13.3. The molecule has 5 heteroatoms. The highest BCUT2D eigenvalue weighted by molar-refractivity contribution is 5.77. The first-order chi connectivity index (χ1) is 14.4. The van der Waals surface area contributed by atoms with Crippen LogP contribution in [0.3, 0.4) is 0 Å². The molecule has 0 fully saturated rings. The fourth-order valence-electron chi connectivity index (χ4n) is 3.85. The Hall–Kier alpha value is -3.08. The van der Waals surface area contributed by atoms with Crippen LogP contribution < -0.4 is 15.0 Å². The standard InChI is InChI=1S/C25H30N2O3/c1-7-19-13-16(3)14-20(8-2)22(19)23-24(17(4)26-27(5)25(23)28)30-15-18-9-11-21(29-6)12-10-18/h9-14H,7-8,15H2,1-6H3. The van der Waals surface area contributed by atoms with Gasteiger partial charge in [-0.1, -0.05) is 43.7 Å². The van der Waals surface area contributed by atoms with Crippen molar-refractivity contribution in [3.05, 3.63) is 74.7 Å². The van der Waals surface area contributed by atoms with Crippen LogP contribution in [0.15, 0.2) is 41.2 Å². The second kappa shape index (κ2) is 9.16. The highest BCUT2D eigenvalue weighted by Gasteiger charge is 2.22. The van der Waals surface area contributed by atoms with E-state index in [1.54, 1.807) is 14.2 Å². The van der Waals surface area contributed by atoms with Gasteiger partial charge in [0.2, 0.25) is 0 Å². The van der Waals surface area contributed by atoms with Crippen LogP contribution in [0.5, 0.6) is 11.5 Å². The largest absolute Gasteiger partial charge is 0.497 e. The molecule has 3 aromatic rings. The quantitative estimate of drug-likeness (QED) is 0.567. The Bertz CT molecular complexity index is 1070. The second-order valence-corrected chi connectivity index (χ2v) is 7.52. The van der Waals surface area contributed by atoms with Gasteiger partial charge in [-0.15, -0.1) is 0 Å². The molecule has 0 atom stereocenters. The minimum Gasteiger partial charge on any atom is -0.497 e. The van der Waals surface area contributed by atoms with E-state index in [-0.39, 0.29) is 5.56 Å². The zero-order valence-electron chi connectivity index (χ0n) is 18.7. The van der Waals surface area contributed by atoms with Crippen molar-refractivity contribution in [3.8, 4) is 22.6 Å². The van der Waals surface area contributed by atoms with Gasteiger partial charge in [0.1, 0.15) is 18.1 Å². The van der Waals surface area contributed by atoms with E-state index in [1.165, 1.54) is 10.2 Å². The summed E-state index contributed by atoms with van der Waals surface area (Å²) in [7, 11) is 3.34. The molecule has 30 heavy (non-hydrogen) atoms. The molecule has 158 valence electrons. The van der Waals surface area contributed by atoms with Crippen molar-refractivity contribution in [1.29, 1.82) is 0 Å². The zero-order valence-corrected chi connectivity index (χ0v) is 18.7. The molecular weight excluding hydrogens is 376 g/mol. The number of benzene rings is 2. The van der Waals surface area contributed by atoms with Crippen LogP contribution in [0.4, 0.5) is 0 Å². The number of hydrogen-bond donors (Lipinski definition) is 0. The Morgan fingerprint density at radius 2 is 1.57 bits per heavy atom. The highest BCUT2D eigenvalue weighted by Crippen LogP contribution is 2.35. The minimum absolute atomic E-state index is 0.140. The smallest absolute Gasteiger partial charge is 0.278 e.